The molecule has 3 heterocycles. The molecule has 26 heavy (non-hydrogen) atoms. The van der Waals surface area contributed by atoms with Gasteiger partial charge in [0.15, 0.2) is 0 Å². The van der Waals surface area contributed by atoms with Gasteiger partial charge in [0, 0.05) is 25.2 Å². The molecular weight excluding hydrogens is 355 g/mol. The van der Waals surface area contributed by atoms with Crippen LogP contribution in [0.1, 0.15) is 0 Å². The summed E-state index contributed by atoms with van der Waals surface area (Å²) in [6.07, 6.45) is 0. The maximum atomic E-state index is 12.1. The molecule has 0 fully saturated rings. The minimum Gasteiger partial charge on any atom is -0.448 e. The molecule has 4 rings (SSSR count). The second kappa shape index (κ2) is 6.16. The molecule has 0 bridgehead atoms. The average molecular weight is 373 g/mol. The molecule has 9 heteroatoms. The van der Waals surface area contributed by atoms with Gasteiger partial charge in [-0.15, -0.1) is 0 Å². The van der Waals surface area contributed by atoms with Crippen molar-refractivity contribution in [3.8, 4) is 23.0 Å². The number of H-pyrrole nitrogens is 3. The van der Waals surface area contributed by atoms with E-state index in [9.17, 15) is 4.57 Å². The molecule has 0 saturated carbocycles. The zero-order valence-corrected chi connectivity index (χ0v) is 15.4. The van der Waals surface area contributed by atoms with Crippen LogP contribution in [0.15, 0.2) is 36.4 Å². The number of hydrogen-bond donors (Lipinski definition) is 2. The summed E-state index contributed by atoms with van der Waals surface area (Å²) in [7, 11) is -0.161. The summed E-state index contributed by atoms with van der Waals surface area (Å²) in [5.74, 6) is 1.13. The molecule has 0 aliphatic heterocycles. The van der Waals surface area contributed by atoms with Crippen LogP contribution in [0.4, 0.5) is 0 Å². The second-order valence-electron chi connectivity index (χ2n) is 5.86. The normalized spacial score (nSPS) is 13.8. The van der Waals surface area contributed by atoms with Gasteiger partial charge in [-0.25, -0.2) is 4.57 Å². The lowest BCUT2D eigenvalue weighted by molar-refractivity contribution is -0.361. The van der Waals surface area contributed by atoms with Crippen molar-refractivity contribution in [1.29, 1.82) is 0 Å². The number of nitrogens with zero attached hydrogens (tertiary/aromatic N) is 1. The van der Waals surface area contributed by atoms with E-state index in [1.807, 2.05) is 24.3 Å². The summed E-state index contributed by atoms with van der Waals surface area (Å²) in [5.41, 5.74) is 4.25. The van der Waals surface area contributed by atoms with Gasteiger partial charge in [-0.05, 0) is 24.3 Å². The van der Waals surface area contributed by atoms with Gasteiger partial charge in [0.05, 0.1) is 24.4 Å². The zero-order chi connectivity index (χ0) is 18.3. The van der Waals surface area contributed by atoms with E-state index in [1.165, 1.54) is 13.8 Å². The van der Waals surface area contributed by atoms with Crippen molar-refractivity contribution in [1.82, 2.24) is 15.2 Å². The third kappa shape index (κ3) is 2.94. The molecule has 3 N–H and O–H groups in total. The number of pyridine rings is 1. The van der Waals surface area contributed by atoms with Crippen molar-refractivity contribution in [3.63, 3.8) is 0 Å². The van der Waals surface area contributed by atoms with Crippen LogP contribution in [0.3, 0.4) is 0 Å². The highest BCUT2D eigenvalue weighted by molar-refractivity contribution is 7.53. The molecule has 8 nitrogen and oxygen atoms in total. The van der Waals surface area contributed by atoms with Crippen LogP contribution in [-0.2, 0) is 9.09 Å². The minimum absolute atomic E-state index is 0.456. The largest absolute Gasteiger partial charge is 0.448 e. The van der Waals surface area contributed by atoms with Gasteiger partial charge < -0.3 is 18.8 Å². The molecule has 1 atom stereocenters. The van der Waals surface area contributed by atoms with Crippen LogP contribution < -0.4 is 14.2 Å². The van der Waals surface area contributed by atoms with Gasteiger partial charge in [-0.3, -0.25) is 5.10 Å². The molecule has 1 aromatic carbocycles. The van der Waals surface area contributed by atoms with Crippen LogP contribution in [0.25, 0.3) is 33.3 Å². The molecule has 3 aromatic heterocycles. The molecule has 0 amide bonds. The first-order valence-corrected chi connectivity index (χ1v) is 9.88. The average Bonchev–Trinajstić information content (AvgIpc) is 3.23. The molecule has 0 aliphatic carbocycles. The van der Waals surface area contributed by atoms with Crippen molar-refractivity contribution < 1.29 is 23.3 Å². The summed E-state index contributed by atoms with van der Waals surface area (Å²) in [6.45, 7) is 1.42. The molecule has 0 saturated heterocycles. The van der Waals surface area contributed by atoms with Crippen LogP contribution in [0, 0.1) is 0 Å². The number of rotatable bonds is 5. The number of fused-ring (bicyclic) bond motifs is 2. The van der Waals surface area contributed by atoms with Gasteiger partial charge >= 0.3 is 13.5 Å². The van der Waals surface area contributed by atoms with Crippen molar-refractivity contribution in [2.45, 2.75) is 0 Å². The van der Waals surface area contributed by atoms with Gasteiger partial charge in [0.25, 0.3) is 0 Å². The molecule has 1 unspecified atom stereocenters. The van der Waals surface area contributed by atoms with Gasteiger partial charge in [-0.2, -0.15) is 10.1 Å². The predicted molar refractivity (Wildman–Crippen MR) is 97.7 cm³/mol. The Labute approximate surface area is 149 Å². The Morgan fingerprint density at radius 2 is 1.92 bits per heavy atom. The fourth-order valence-corrected chi connectivity index (χ4v) is 3.34. The van der Waals surface area contributed by atoms with E-state index in [0.717, 1.165) is 33.3 Å². The SMILES string of the molecule is COc1ccc2[nH]c(-c3n[nH]c4ccc(OP(C)(=O)OC)cc34)cc2[nH+]1. The van der Waals surface area contributed by atoms with E-state index in [1.54, 1.807) is 19.2 Å². The third-order valence-electron chi connectivity index (χ3n) is 4.12. The lowest BCUT2D eigenvalue weighted by Gasteiger charge is -2.12. The molecule has 0 radical (unpaired) electrons. The van der Waals surface area contributed by atoms with E-state index in [-0.39, 0.29) is 0 Å². The van der Waals surface area contributed by atoms with E-state index in [2.05, 4.69) is 20.2 Å². The van der Waals surface area contributed by atoms with E-state index < -0.39 is 7.60 Å². The molecular formula is C17H18N4O4P+. The van der Waals surface area contributed by atoms with E-state index in [0.29, 0.717) is 11.6 Å². The van der Waals surface area contributed by atoms with Gasteiger partial charge in [-0.1, -0.05) is 0 Å². The summed E-state index contributed by atoms with van der Waals surface area (Å²) < 4.78 is 27.7. The van der Waals surface area contributed by atoms with Crippen molar-refractivity contribution in [2.24, 2.45) is 0 Å². The summed E-state index contributed by atoms with van der Waals surface area (Å²) >= 11 is 0. The highest BCUT2D eigenvalue weighted by Crippen LogP contribution is 2.44. The monoisotopic (exact) mass is 373 g/mol. The fraction of sp³-hybridized carbons (Fsp3) is 0.176. The highest BCUT2D eigenvalue weighted by atomic mass is 31.2. The molecule has 134 valence electrons. The van der Waals surface area contributed by atoms with E-state index >= 15 is 0 Å². The highest BCUT2D eigenvalue weighted by Gasteiger charge is 2.19. The predicted octanol–water partition coefficient (Wildman–Crippen LogP) is 3.38. The van der Waals surface area contributed by atoms with Crippen LogP contribution in [0.2, 0.25) is 0 Å². The third-order valence-corrected chi connectivity index (χ3v) is 5.33. The lowest BCUT2D eigenvalue weighted by Crippen LogP contribution is -2.06. The smallest absolute Gasteiger partial charge is 0.375 e. The first-order valence-electron chi connectivity index (χ1n) is 7.89. The number of aromatic nitrogens is 4. The Hall–Kier alpha value is -2.83. The van der Waals surface area contributed by atoms with E-state index in [4.69, 9.17) is 13.8 Å². The van der Waals surface area contributed by atoms with Gasteiger partial charge in [0.1, 0.15) is 17.0 Å². The summed E-state index contributed by atoms with van der Waals surface area (Å²) in [5, 5.41) is 8.25. The summed E-state index contributed by atoms with van der Waals surface area (Å²) in [6, 6.07) is 11.1. The fourth-order valence-electron chi connectivity index (χ4n) is 2.77. The number of benzene rings is 1. The Balaban J connectivity index is 1.80. The Morgan fingerprint density at radius 3 is 2.69 bits per heavy atom. The maximum absolute atomic E-state index is 12.1. The van der Waals surface area contributed by atoms with Crippen LogP contribution in [0.5, 0.6) is 11.6 Å². The van der Waals surface area contributed by atoms with Crippen molar-refractivity contribution in [3.05, 3.63) is 36.4 Å². The van der Waals surface area contributed by atoms with Crippen LogP contribution >= 0.6 is 7.60 Å². The Kier molecular flexibility index (Phi) is 3.94. The first kappa shape index (κ1) is 16.6. The zero-order valence-electron chi connectivity index (χ0n) is 14.5. The Bertz CT molecular complexity index is 1150. The first-order chi connectivity index (χ1) is 12.5. The molecule has 0 spiro atoms. The number of aromatic amines is 3. The standard InChI is InChI=1S/C17H17N4O4P/c1-23-16-7-6-13-14(19-16)9-15(18-13)17-11-8-10(25-26(3,22)24-2)4-5-12(11)20-21-17/h4-9,18H,1-3H3,(H,20,21)/p+1. The number of nitrogens with one attached hydrogen (secondary N) is 3. The van der Waals surface area contributed by atoms with Crippen molar-refractivity contribution in [2.75, 3.05) is 20.9 Å². The quantitative estimate of drug-likeness (QED) is 0.522. The topological polar surface area (TPSA) is 103 Å². The summed E-state index contributed by atoms with van der Waals surface area (Å²) in [4.78, 5) is 6.52. The number of methoxy groups -OCH3 is 1. The molecule has 4 aromatic rings. The van der Waals surface area contributed by atoms with Crippen LogP contribution in [-0.4, -0.2) is 36.1 Å². The maximum Gasteiger partial charge on any atom is 0.375 e. The number of ether oxygens (including phenoxy) is 1. The minimum atomic E-state index is -3.13. The lowest BCUT2D eigenvalue weighted by atomic mass is 10.1. The second-order valence-corrected chi connectivity index (χ2v) is 7.95. The Morgan fingerprint density at radius 1 is 1.12 bits per heavy atom. The number of hydrogen-bond acceptors (Lipinski definition) is 5. The van der Waals surface area contributed by atoms with Crippen molar-refractivity contribution >= 4 is 29.5 Å². The van der Waals surface area contributed by atoms with Gasteiger partial charge in [0.2, 0.25) is 5.52 Å². The molecule has 0 aliphatic rings.